The standard InChI is InChI=1S/C20H19N3O5/c1-27-17-4-2-3-15(11-17)20(26)22-12-19(25)28-13-18(24)23-16-7-5-14(6-8-16)9-10-21/h2-8,11H,9,12-13H2,1H3,(H,22,26)(H,23,24). The van der Waals surface area contributed by atoms with Gasteiger partial charge < -0.3 is 20.1 Å². The van der Waals surface area contributed by atoms with Crippen LogP contribution in [0.25, 0.3) is 0 Å². The van der Waals surface area contributed by atoms with Crippen molar-refractivity contribution < 1.29 is 23.9 Å². The molecule has 0 aliphatic heterocycles. The van der Waals surface area contributed by atoms with Gasteiger partial charge in [0.15, 0.2) is 6.61 Å². The minimum Gasteiger partial charge on any atom is -0.497 e. The summed E-state index contributed by atoms with van der Waals surface area (Å²) < 4.78 is 9.87. The fourth-order valence-corrected chi connectivity index (χ4v) is 2.21. The van der Waals surface area contributed by atoms with Gasteiger partial charge in [-0.15, -0.1) is 0 Å². The fraction of sp³-hybridized carbons (Fsp3) is 0.200. The summed E-state index contributed by atoms with van der Waals surface area (Å²) in [5.74, 6) is -1.19. The molecule has 0 spiro atoms. The molecule has 0 aliphatic rings. The molecule has 0 saturated carbocycles. The first-order valence-electron chi connectivity index (χ1n) is 8.35. The third-order valence-corrected chi connectivity index (χ3v) is 3.61. The summed E-state index contributed by atoms with van der Waals surface area (Å²) in [6, 6.07) is 15.3. The maximum Gasteiger partial charge on any atom is 0.325 e. The van der Waals surface area contributed by atoms with Gasteiger partial charge in [0, 0.05) is 11.3 Å². The molecule has 0 fully saturated rings. The Morgan fingerprint density at radius 2 is 1.86 bits per heavy atom. The highest BCUT2D eigenvalue weighted by Crippen LogP contribution is 2.12. The molecule has 0 aliphatic carbocycles. The lowest BCUT2D eigenvalue weighted by Gasteiger charge is -2.08. The van der Waals surface area contributed by atoms with Crippen LogP contribution in [0.1, 0.15) is 15.9 Å². The number of ether oxygens (including phenoxy) is 2. The quantitative estimate of drug-likeness (QED) is 0.672. The Kier molecular flexibility index (Phi) is 7.54. The highest BCUT2D eigenvalue weighted by molar-refractivity contribution is 5.97. The van der Waals surface area contributed by atoms with Crippen LogP contribution in [0.15, 0.2) is 48.5 Å². The number of amides is 2. The molecular formula is C20H19N3O5. The average molecular weight is 381 g/mol. The van der Waals surface area contributed by atoms with Crippen LogP contribution in [-0.4, -0.2) is 38.0 Å². The van der Waals surface area contributed by atoms with Crippen LogP contribution < -0.4 is 15.4 Å². The molecule has 0 bridgehead atoms. The van der Waals surface area contributed by atoms with Crippen LogP contribution in [0.5, 0.6) is 5.75 Å². The summed E-state index contributed by atoms with van der Waals surface area (Å²) in [5, 5.41) is 13.6. The molecule has 144 valence electrons. The van der Waals surface area contributed by atoms with Crippen LogP contribution in [0.2, 0.25) is 0 Å². The number of hydrogen-bond donors (Lipinski definition) is 2. The van der Waals surface area contributed by atoms with E-state index in [2.05, 4.69) is 10.6 Å². The predicted octanol–water partition coefficient (Wildman–Crippen LogP) is 1.67. The molecule has 0 atom stereocenters. The maximum atomic E-state index is 12.0. The normalized spacial score (nSPS) is 9.71. The highest BCUT2D eigenvalue weighted by Gasteiger charge is 2.11. The zero-order chi connectivity index (χ0) is 20.4. The van der Waals surface area contributed by atoms with Crippen LogP contribution in [-0.2, 0) is 20.7 Å². The van der Waals surface area contributed by atoms with Crippen molar-refractivity contribution in [3.05, 3.63) is 59.7 Å². The Bertz CT molecular complexity index is 887. The van der Waals surface area contributed by atoms with E-state index in [1.54, 1.807) is 42.5 Å². The third kappa shape index (κ3) is 6.46. The first kappa shape index (κ1) is 20.5. The van der Waals surface area contributed by atoms with E-state index in [-0.39, 0.29) is 13.0 Å². The summed E-state index contributed by atoms with van der Waals surface area (Å²) >= 11 is 0. The van der Waals surface area contributed by atoms with E-state index in [1.165, 1.54) is 13.2 Å². The molecule has 2 N–H and O–H groups in total. The molecule has 0 radical (unpaired) electrons. The maximum absolute atomic E-state index is 12.0. The lowest BCUT2D eigenvalue weighted by molar-refractivity contribution is -0.146. The monoisotopic (exact) mass is 381 g/mol. The van der Waals surface area contributed by atoms with Crippen molar-refractivity contribution in [1.82, 2.24) is 5.32 Å². The summed E-state index contributed by atoms with van der Waals surface area (Å²) in [4.78, 5) is 35.5. The fourth-order valence-electron chi connectivity index (χ4n) is 2.21. The summed E-state index contributed by atoms with van der Waals surface area (Å²) in [6.07, 6.45) is 0.285. The van der Waals surface area contributed by atoms with Gasteiger partial charge in [0.1, 0.15) is 12.3 Å². The Balaban J connectivity index is 1.73. The number of anilines is 1. The summed E-state index contributed by atoms with van der Waals surface area (Å²) in [7, 11) is 1.49. The van der Waals surface area contributed by atoms with E-state index in [0.29, 0.717) is 17.0 Å². The van der Waals surface area contributed by atoms with Crippen LogP contribution in [0, 0.1) is 11.3 Å². The SMILES string of the molecule is COc1cccc(C(=O)NCC(=O)OCC(=O)Nc2ccc(CC#N)cc2)c1. The van der Waals surface area contributed by atoms with E-state index < -0.39 is 24.4 Å². The van der Waals surface area contributed by atoms with Gasteiger partial charge in [-0.1, -0.05) is 18.2 Å². The Hall–Kier alpha value is -3.86. The molecule has 2 amide bonds. The molecule has 2 aromatic rings. The van der Waals surface area contributed by atoms with Gasteiger partial charge in [-0.05, 0) is 35.9 Å². The number of hydrogen-bond acceptors (Lipinski definition) is 6. The molecule has 28 heavy (non-hydrogen) atoms. The number of methoxy groups -OCH3 is 1. The van der Waals surface area contributed by atoms with Crippen molar-refractivity contribution in [2.45, 2.75) is 6.42 Å². The smallest absolute Gasteiger partial charge is 0.325 e. The van der Waals surface area contributed by atoms with Crippen LogP contribution in [0.3, 0.4) is 0 Å². The van der Waals surface area contributed by atoms with E-state index >= 15 is 0 Å². The largest absolute Gasteiger partial charge is 0.497 e. The number of nitrogens with one attached hydrogen (secondary N) is 2. The number of esters is 1. The minimum absolute atomic E-state index is 0.285. The summed E-state index contributed by atoms with van der Waals surface area (Å²) in [5.41, 5.74) is 1.69. The molecular weight excluding hydrogens is 362 g/mol. The topological polar surface area (TPSA) is 118 Å². The van der Waals surface area contributed by atoms with Gasteiger partial charge in [0.05, 0.1) is 19.6 Å². The number of nitrogens with zero attached hydrogens (tertiary/aromatic N) is 1. The lowest BCUT2D eigenvalue weighted by Crippen LogP contribution is -2.32. The van der Waals surface area contributed by atoms with Crippen molar-refractivity contribution >= 4 is 23.5 Å². The lowest BCUT2D eigenvalue weighted by atomic mass is 10.1. The molecule has 0 aromatic heterocycles. The van der Waals surface area contributed by atoms with Crippen molar-refractivity contribution in [1.29, 1.82) is 5.26 Å². The van der Waals surface area contributed by atoms with Crippen molar-refractivity contribution in [2.24, 2.45) is 0 Å². The second-order valence-corrected chi connectivity index (χ2v) is 5.66. The van der Waals surface area contributed by atoms with Crippen molar-refractivity contribution in [2.75, 3.05) is 25.6 Å². The van der Waals surface area contributed by atoms with Gasteiger partial charge in [-0.2, -0.15) is 5.26 Å². The van der Waals surface area contributed by atoms with Crippen molar-refractivity contribution in [3.8, 4) is 11.8 Å². The van der Waals surface area contributed by atoms with Gasteiger partial charge in [0.2, 0.25) is 0 Å². The first-order chi connectivity index (χ1) is 13.5. The molecule has 0 heterocycles. The van der Waals surface area contributed by atoms with E-state index in [1.807, 2.05) is 6.07 Å². The summed E-state index contributed by atoms with van der Waals surface area (Å²) in [6.45, 7) is -0.847. The van der Waals surface area contributed by atoms with Crippen LogP contribution >= 0.6 is 0 Å². The average Bonchev–Trinajstić information content (AvgIpc) is 2.72. The van der Waals surface area contributed by atoms with Gasteiger partial charge in [-0.25, -0.2) is 0 Å². The molecule has 2 rings (SSSR count). The molecule has 2 aromatic carbocycles. The minimum atomic E-state index is -0.740. The van der Waals surface area contributed by atoms with Gasteiger partial charge in [0.25, 0.3) is 11.8 Å². The second kappa shape index (κ2) is 10.3. The highest BCUT2D eigenvalue weighted by atomic mass is 16.5. The zero-order valence-corrected chi connectivity index (χ0v) is 15.2. The van der Waals surface area contributed by atoms with Gasteiger partial charge in [-0.3, -0.25) is 14.4 Å². The second-order valence-electron chi connectivity index (χ2n) is 5.66. The molecule has 0 unspecified atom stereocenters. The first-order valence-corrected chi connectivity index (χ1v) is 8.35. The number of carbonyl (C=O) groups is 3. The van der Waals surface area contributed by atoms with E-state index in [4.69, 9.17) is 14.7 Å². The van der Waals surface area contributed by atoms with E-state index in [0.717, 1.165) is 5.56 Å². The van der Waals surface area contributed by atoms with Crippen LogP contribution in [0.4, 0.5) is 5.69 Å². The Morgan fingerprint density at radius 1 is 1.11 bits per heavy atom. The number of benzene rings is 2. The zero-order valence-electron chi connectivity index (χ0n) is 15.2. The molecule has 8 heteroatoms. The Morgan fingerprint density at radius 3 is 2.54 bits per heavy atom. The number of nitriles is 1. The predicted molar refractivity (Wildman–Crippen MR) is 101 cm³/mol. The number of rotatable bonds is 8. The molecule has 0 saturated heterocycles. The third-order valence-electron chi connectivity index (χ3n) is 3.61. The molecule has 8 nitrogen and oxygen atoms in total. The van der Waals surface area contributed by atoms with Gasteiger partial charge >= 0.3 is 5.97 Å². The number of carbonyl (C=O) groups excluding carboxylic acids is 3. The Labute approximate surface area is 162 Å². The van der Waals surface area contributed by atoms with Crippen molar-refractivity contribution in [3.63, 3.8) is 0 Å². The van der Waals surface area contributed by atoms with E-state index in [9.17, 15) is 14.4 Å².